The van der Waals surface area contributed by atoms with Gasteiger partial charge in [-0.05, 0) is 50.1 Å². The van der Waals surface area contributed by atoms with Gasteiger partial charge in [0.2, 0.25) is 0 Å². The van der Waals surface area contributed by atoms with Gasteiger partial charge in [0.1, 0.15) is 5.75 Å². The summed E-state index contributed by atoms with van der Waals surface area (Å²) in [7, 11) is 0. The van der Waals surface area contributed by atoms with E-state index >= 15 is 0 Å². The summed E-state index contributed by atoms with van der Waals surface area (Å²) >= 11 is 5.75. The van der Waals surface area contributed by atoms with Crippen LogP contribution in [0.3, 0.4) is 0 Å². The number of halogens is 1. The summed E-state index contributed by atoms with van der Waals surface area (Å²) in [5.74, 6) is 0.323. The average Bonchev–Trinajstić information content (AvgIpc) is 2.81. The predicted octanol–water partition coefficient (Wildman–Crippen LogP) is 2.93. The Labute approximate surface area is 117 Å². The molecule has 2 rings (SSSR count). The number of allylic oxidation sites excluding steroid dienone is 2. The van der Waals surface area contributed by atoms with Crippen molar-refractivity contribution in [2.45, 2.75) is 19.8 Å². The number of amides is 1. The zero-order valence-corrected chi connectivity index (χ0v) is 11.4. The van der Waals surface area contributed by atoms with E-state index in [-0.39, 0.29) is 12.5 Å². The second kappa shape index (κ2) is 6.38. The molecule has 1 N–H and O–H groups in total. The number of nitrogens with zero attached hydrogens (tertiary/aromatic N) is 1. The summed E-state index contributed by atoms with van der Waals surface area (Å²) in [4.78, 5) is 11.5. The topological polar surface area (TPSA) is 50.7 Å². The van der Waals surface area contributed by atoms with Crippen LogP contribution >= 0.6 is 11.6 Å². The molecule has 0 heterocycles. The van der Waals surface area contributed by atoms with Crippen LogP contribution in [0.4, 0.5) is 0 Å². The lowest BCUT2D eigenvalue weighted by Crippen LogP contribution is -2.25. The van der Waals surface area contributed by atoms with E-state index in [2.05, 4.69) is 10.5 Å². The number of carbonyl (C=O) groups is 1. The number of ether oxygens (including phenoxy) is 1. The van der Waals surface area contributed by atoms with Gasteiger partial charge in [0.15, 0.2) is 6.61 Å². The van der Waals surface area contributed by atoms with Crippen molar-refractivity contribution < 1.29 is 9.53 Å². The van der Waals surface area contributed by atoms with Crippen molar-refractivity contribution in [1.29, 1.82) is 0 Å². The number of hydrogen-bond acceptors (Lipinski definition) is 3. The Balaban J connectivity index is 1.77. The lowest BCUT2D eigenvalue weighted by atomic mass is 10.3. The fourth-order valence-electron chi connectivity index (χ4n) is 1.69. The molecule has 0 fully saturated rings. The molecular formula is C14H15ClN2O2. The summed E-state index contributed by atoms with van der Waals surface area (Å²) < 4.78 is 5.30. The van der Waals surface area contributed by atoms with Crippen molar-refractivity contribution in [3.05, 3.63) is 40.9 Å². The largest absolute Gasteiger partial charge is 0.484 e. The molecule has 1 aliphatic carbocycles. The Morgan fingerprint density at radius 2 is 2.11 bits per heavy atom. The monoisotopic (exact) mass is 278 g/mol. The van der Waals surface area contributed by atoms with Crippen molar-refractivity contribution >= 4 is 23.2 Å². The van der Waals surface area contributed by atoms with Crippen molar-refractivity contribution in [3.63, 3.8) is 0 Å². The molecule has 5 heteroatoms. The zero-order valence-electron chi connectivity index (χ0n) is 10.6. The number of hydrazone groups is 1. The molecule has 100 valence electrons. The normalized spacial score (nSPS) is 16.3. The first kappa shape index (κ1) is 13.6. The molecule has 4 nitrogen and oxygen atoms in total. The van der Waals surface area contributed by atoms with E-state index in [0.717, 1.165) is 18.6 Å². The van der Waals surface area contributed by atoms with Gasteiger partial charge in [-0.25, -0.2) is 5.43 Å². The molecule has 0 unspecified atom stereocenters. The SMILES string of the molecule is CC1=C/C(=N/NC(=O)COc2ccc(Cl)cc2)CC1. The summed E-state index contributed by atoms with van der Waals surface area (Å²) in [5, 5.41) is 4.67. The van der Waals surface area contributed by atoms with Crippen LogP contribution in [0.5, 0.6) is 5.75 Å². The van der Waals surface area contributed by atoms with Crippen LogP contribution in [0.15, 0.2) is 41.0 Å². The van der Waals surface area contributed by atoms with Crippen LogP contribution in [0, 0.1) is 0 Å². The van der Waals surface area contributed by atoms with Crippen LogP contribution in [0.1, 0.15) is 19.8 Å². The second-order valence-corrected chi connectivity index (χ2v) is 4.81. The Morgan fingerprint density at radius 1 is 1.37 bits per heavy atom. The van der Waals surface area contributed by atoms with Gasteiger partial charge in [-0.3, -0.25) is 4.79 Å². The van der Waals surface area contributed by atoms with Crippen LogP contribution in [0.2, 0.25) is 5.02 Å². The Bertz CT molecular complexity index is 521. The molecule has 0 radical (unpaired) electrons. The highest BCUT2D eigenvalue weighted by atomic mass is 35.5. The average molecular weight is 279 g/mol. The van der Waals surface area contributed by atoms with Gasteiger partial charge in [0.05, 0.1) is 5.71 Å². The van der Waals surface area contributed by atoms with E-state index in [9.17, 15) is 4.79 Å². The zero-order chi connectivity index (χ0) is 13.7. The maximum absolute atomic E-state index is 11.5. The van der Waals surface area contributed by atoms with E-state index < -0.39 is 0 Å². The highest BCUT2D eigenvalue weighted by Gasteiger charge is 2.07. The molecule has 1 aliphatic rings. The first-order valence-corrected chi connectivity index (χ1v) is 6.42. The van der Waals surface area contributed by atoms with Gasteiger partial charge >= 0.3 is 0 Å². The molecule has 0 saturated heterocycles. The summed E-state index contributed by atoms with van der Waals surface area (Å²) in [5.41, 5.74) is 4.66. The van der Waals surface area contributed by atoms with E-state index in [0.29, 0.717) is 10.8 Å². The third kappa shape index (κ3) is 4.41. The van der Waals surface area contributed by atoms with E-state index in [1.807, 2.05) is 13.0 Å². The number of carbonyl (C=O) groups excluding carboxylic acids is 1. The smallest absolute Gasteiger partial charge is 0.277 e. The predicted molar refractivity (Wildman–Crippen MR) is 75.5 cm³/mol. The summed E-state index contributed by atoms with van der Waals surface area (Å²) in [6, 6.07) is 6.84. The van der Waals surface area contributed by atoms with Gasteiger partial charge in [-0.2, -0.15) is 5.10 Å². The molecule has 0 aliphatic heterocycles. The number of hydrogen-bond donors (Lipinski definition) is 1. The molecule has 0 saturated carbocycles. The first-order valence-electron chi connectivity index (χ1n) is 6.04. The molecule has 1 amide bonds. The minimum absolute atomic E-state index is 0.0683. The van der Waals surface area contributed by atoms with E-state index in [4.69, 9.17) is 16.3 Å². The number of benzene rings is 1. The van der Waals surface area contributed by atoms with Crippen LogP contribution < -0.4 is 10.2 Å². The minimum atomic E-state index is -0.277. The fraction of sp³-hybridized carbons (Fsp3) is 0.286. The maximum atomic E-state index is 11.5. The van der Waals surface area contributed by atoms with Crippen molar-refractivity contribution in [2.24, 2.45) is 5.10 Å². The van der Waals surface area contributed by atoms with Crippen LogP contribution in [-0.4, -0.2) is 18.2 Å². The quantitative estimate of drug-likeness (QED) is 0.861. The van der Waals surface area contributed by atoms with Gasteiger partial charge in [-0.1, -0.05) is 17.2 Å². The lowest BCUT2D eigenvalue weighted by molar-refractivity contribution is -0.123. The van der Waals surface area contributed by atoms with E-state index in [1.165, 1.54) is 5.57 Å². The van der Waals surface area contributed by atoms with Crippen molar-refractivity contribution in [3.8, 4) is 5.75 Å². The molecular weight excluding hydrogens is 264 g/mol. The number of rotatable bonds is 4. The molecule has 1 aromatic carbocycles. The van der Waals surface area contributed by atoms with Gasteiger partial charge in [-0.15, -0.1) is 0 Å². The molecule has 0 atom stereocenters. The Kier molecular flexibility index (Phi) is 4.58. The van der Waals surface area contributed by atoms with Crippen molar-refractivity contribution in [2.75, 3.05) is 6.61 Å². The molecule has 1 aromatic rings. The molecule has 0 aromatic heterocycles. The second-order valence-electron chi connectivity index (χ2n) is 4.37. The summed E-state index contributed by atoms with van der Waals surface area (Å²) in [6.45, 7) is 1.98. The molecule has 19 heavy (non-hydrogen) atoms. The van der Waals surface area contributed by atoms with Gasteiger partial charge < -0.3 is 4.74 Å². The van der Waals surface area contributed by atoms with Crippen molar-refractivity contribution in [1.82, 2.24) is 5.43 Å². The van der Waals surface area contributed by atoms with E-state index in [1.54, 1.807) is 24.3 Å². The third-order valence-corrected chi connectivity index (χ3v) is 2.95. The van der Waals surface area contributed by atoms with Gasteiger partial charge in [0, 0.05) is 5.02 Å². The maximum Gasteiger partial charge on any atom is 0.277 e. The summed E-state index contributed by atoms with van der Waals surface area (Å²) in [6.07, 6.45) is 3.88. The molecule has 0 bridgehead atoms. The standard InChI is InChI=1S/C14H15ClN2O2/c1-10-2-5-12(8-10)16-17-14(18)9-19-13-6-3-11(15)4-7-13/h3-4,6-8H,2,5,9H2,1H3,(H,17,18)/b16-12+. The van der Waals surface area contributed by atoms with Crippen LogP contribution in [-0.2, 0) is 4.79 Å². The minimum Gasteiger partial charge on any atom is -0.484 e. The fourth-order valence-corrected chi connectivity index (χ4v) is 1.81. The highest BCUT2D eigenvalue weighted by molar-refractivity contribution is 6.30. The highest BCUT2D eigenvalue weighted by Crippen LogP contribution is 2.15. The third-order valence-electron chi connectivity index (χ3n) is 2.70. The lowest BCUT2D eigenvalue weighted by Gasteiger charge is -2.05. The Hall–Kier alpha value is -1.81. The molecule has 0 spiro atoms. The number of nitrogens with one attached hydrogen (secondary N) is 1. The van der Waals surface area contributed by atoms with Crippen LogP contribution in [0.25, 0.3) is 0 Å². The Morgan fingerprint density at radius 3 is 2.74 bits per heavy atom. The first-order chi connectivity index (χ1) is 9.13. The van der Waals surface area contributed by atoms with Gasteiger partial charge in [0.25, 0.3) is 5.91 Å².